The molecule has 82 valence electrons. The highest BCUT2D eigenvalue weighted by molar-refractivity contribution is 6.33. The monoisotopic (exact) mass is 234 g/mol. The van der Waals surface area contributed by atoms with E-state index in [0.29, 0.717) is 17.1 Å². The first-order valence-corrected chi connectivity index (χ1v) is 6.11. The first-order valence-electron chi connectivity index (χ1n) is 5.73. The van der Waals surface area contributed by atoms with Crippen LogP contribution >= 0.6 is 11.6 Å². The second-order valence-electron chi connectivity index (χ2n) is 4.70. The number of halogens is 1. The molecule has 2 fully saturated rings. The summed E-state index contributed by atoms with van der Waals surface area (Å²) >= 11 is 6.17. The van der Waals surface area contributed by atoms with Crippen LogP contribution in [0.25, 0.3) is 11.0 Å². The molecule has 0 unspecified atom stereocenters. The van der Waals surface area contributed by atoms with Crippen LogP contribution in [0, 0.1) is 0 Å². The van der Waals surface area contributed by atoms with Gasteiger partial charge >= 0.3 is 0 Å². The molecule has 2 aromatic heterocycles. The molecule has 4 nitrogen and oxygen atoms in total. The molecule has 0 saturated heterocycles. The van der Waals surface area contributed by atoms with E-state index in [9.17, 15) is 0 Å². The molecule has 0 amide bonds. The molecule has 0 aliphatic heterocycles. The molecule has 0 atom stereocenters. The molecule has 0 spiro atoms. The van der Waals surface area contributed by atoms with E-state index in [2.05, 4.69) is 15.1 Å². The van der Waals surface area contributed by atoms with E-state index in [4.69, 9.17) is 11.6 Å². The minimum Gasteiger partial charge on any atom is -0.244 e. The number of nitrogens with zero attached hydrogens (tertiary/aromatic N) is 4. The highest BCUT2D eigenvalue weighted by Gasteiger charge is 2.30. The maximum atomic E-state index is 6.17. The second kappa shape index (κ2) is 2.94. The standard InChI is InChI=1S/C11H11ClN4/c12-9-8-5-13-16(7-3-4-7)11(8)15-10(14-9)6-1-2-6/h5-7H,1-4H2. The Labute approximate surface area is 97.6 Å². The molecule has 5 heteroatoms. The Hall–Kier alpha value is -1.16. The van der Waals surface area contributed by atoms with E-state index < -0.39 is 0 Å². The molecule has 16 heavy (non-hydrogen) atoms. The summed E-state index contributed by atoms with van der Waals surface area (Å²) in [6.07, 6.45) is 6.58. The van der Waals surface area contributed by atoms with Gasteiger partial charge in [-0.3, -0.25) is 0 Å². The Morgan fingerprint density at radius 3 is 2.69 bits per heavy atom. The maximum absolute atomic E-state index is 6.17. The number of hydrogen-bond donors (Lipinski definition) is 0. The normalized spacial score (nSPS) is 20.6. The van der Waals surface area contributed by atoms with Gasteiger partial charge in [0.25, 0.3) is 0 Å². The van der Waals surface area contributed by atoms with Gasteiger partial charge in [0.15, 0.2) is 5.65 Å². The van der Waals surface area contributed by atoms with Crippen molar-refractivity contribution in [2.75, 3.05) is 0 Å². The molecule has 0 aromatic carbocycles. The summed E-state index contributed by atoms with van der Waals surface area (Å²) < 4.78 is 2.01. The highest BCUT2D eigenvalue weighted by Crippen LogP contribution is 2.41. The number of hydrogen-bond acceptors (Lipinski definition) is 3. The van der Waals surface area contributed by atoms with Gasteiger partial charge in [-0.2, -0.15) is 5.10 Å². The second-order valence-corrected chi connectivity index (χ2v) is 5.06. The minimum atomic E-state index is 0.532. The van der Waals surface area contributed by atoms with Crippen molar-refractivity contribution in [3.63, 3.8) is 0 Å². The zero-order chi connectivity index (χ0) is 10.7. The van der Waals surface area contributed by atoms with Crippen molar-refractivity contribution in [3.8, 4) is 0 Å². The molecule has 2 heterocycles. The van der Waals surface area contributed by atoms with Gasteiger partial charge in [-0.1, -0.05) is 11.6 Å². The third-order valence-electron chi connectivity index (χ3n) is 3.26. The van der Waals surface area contributed by atoms with Gasteiger partial charge in [0.2, 0.25) is 0 Å². The van der Waals surface area contributed by atoms with Gasteiger partial charge in [0, 0.05) is 5.92 Å². The average Bonchev–Trinajstić information content (AvgIpc) is 3.16. The lowest BCUT2D eigenvalue weighted by atomic mass is 10.3. The molecular formula is C11H11ClN4. The number of fused-ring (bicyclic) bond motifs is 1. The van der Waals surface area contributed by atoms with Gasteiger partial charge < -0.3 is 0 Å². The summed E-state index contributed by atoms with van der Waals surface area (Å²) in [5, 5.41) is 5.81. The van der Waals surface area contributed by atoms with Crippen LogP contribution in [0.15, 0.2) is 6.20 Å². The van der Waals surface area contributed by atoms with Crippen LogP contribution in [0.5, 0.6) is 0 Å². The van der Waals surface area contributed by atoms with Gasteiger partial charge in [-0.15, -0.1) is 0 Å². The van der Waals surface area contributed by atoms with E-state index in [1.54, 1.807) is 6.20 Å². The summed E-state index contributed by atoms with van der Waals surface area (Å²) in [7, 11) is 0. The molecule has 2 aliphatic rings. The zero-order valence-corrected chi connectivity index (χ0v) is 9.48. The van der Waals surface area contributed by atoms with Gasteiger partial charge in [0.1, 0.15) is 11.0 Å². The SMILES string of the molecule is Clc1nc(C2CC2)nc2c1cnn2C1CC1. The Kier molecular flexibility index (Phi) is 1.64. The van der Waals surface area contributed by atoms with Crippen molar-refractivity contribution in [1.29, 1.82) is 0 Å². The fraction of sp³-hybridized carbons (Fsp3) is 0.545. The Morgan fingerprint density at radius 2 is 2.00 bits per heavy atom. The van der Waals surface area contributed by atoms with Crippen LogP contribution in [0.3, 0.4) is 0 Å². The summed E-state index contributed by atoms with van der Waals surface area (Å²) in [4.78, 5) is 8.98. The van der Waals surface area contributed by atoms with Crippen molar-refractivity contribution >= 4 is 22.6 Å². The van der Waals surface area contributed by atoms with Crippen LogP contribution in [0.4, 0.5) is 0 Å². The van der Waals surface area contributed by atoms with Crippen molar-refractivity contribution in [2.24, 2.45) is 0 Å². The molecule has 2 saturated carbocycles. The maximum Gasteiger partial charge on any atom is 0.163 e. The predicted molar refractivity (Wildman–Crippen MR) is 60.6 cm³/mol. The smallest absolute Gasteiger partial charge is 0.163 e. The Balaban J connectivity index is 1.96. The summed E-state index contributed by atoms with van der Waals surface area (Å²) in [5.74, 6) is 1.43. The molecule has 2 aliphatic carbocycles. The van der Waals surface area contributed by atoms with Crippen LogP contribution in [-0.2, 0) is 0 Å². The molecule has 2 aromatic rings. The van der Waals surface area contributed by atoms with Crippen LogP contribution in [-0.4, -0.2) is 19.7 Å². The zero-order valence-electron chi connectivity index (χ0n) is 8.73. The lowest BCUT2D eigenvalue weighted by molar-refractivity contribution is 0.656. The molecule has 0 bridgehead atoms. The van der Waals surface area contributed by atoms with Gasteiger partial charge in [-0.05, 0) is 25.7 Å². The fourth-order valence-electron chi connectivity index (χ4n) is 2.02. The lowest BCUT2D eigenvalue weighted by Gasteiger charge is -2.02. The molecule has 0 radical (unpaired) electrons. The van der Waals surface area contributed by atoms with Crippen LogP contribution in [0.1, 0.15) is 43.5 Å². The molecular weight excluding hydrogens is 224 g/mol. The highest BCUT2D eigenvalue weighted by atomic mass is 35.5. The van der Waals surface area contributed by atoms with Crippen molar-refractivity contribution < 1.29 is 0 Å². The third kappa shape index (κ3) is 1.26. The van der Waals surface area contributed by atoms with Crippen molar-refractivity contribution in [2.45, 2.75) is 37.6 Å². The molecule has 4 rings (SSSR count). The first-order chi connectivity index (χ1) is 7.83. The largest absolute Gasteiger partial charge is 0.244 e. The predicted octanol–water partition coefficient (Wildman–Crippen LogP) is 2.69. The summed E-state index contributed by atoms with van der Waals surface area (Å²) in [6, 6.07) is 0.538. The number of aromatic nitrogens is 4. The summed E-state index contributed by atoms with van der Waals surface area (Å²) in [6.45, 7) is 0. The molecule has 0 N–H and O–H groups in total. The van der Waals surface area contributed by atoms with E-state index in [0.717, 1.165) is 16.9 Å². The van der Waals surface area contributed by atoms with E-state index >= 15 is 0 Å². The van der Waals surface area contributed by atoms with Gasteiger partial charge in [-0.25, -0.2) is 14.6 Å². The lowest BCUT2D eigenvalue weighted by Crippen LogP contribution is -2.00. The van der Waals surface area contributed by atoms with E-state index in [1.807, 2.05) is 4.68 Å². The number of rotatable bonds is 2. The van der Waals surface area contributed by atoms with Crippen LogP contribution < -0.4 is 0 Å². The minimum absolute atomic E-state index is 0.532. The first kappa shape index (κ1) is 8.93. The third-order valence-corrected chi connectivity index (χ3v) is 3.55. The topological polar surface area (TPSA) is 43.6 Å². The summed E-state index contributed by atoms with van der Waals surface area (Å²) in [5.41, 5.74) is 0.921. The Morgan fingerprint density at radius 1 is 1.19 bits per heavy atom. The van der Waals surface area contributed by atoms with E-state index in [-0.39, 0.29) is 0 Å². The average molecular weight is 235 g/mol. The van der Waals surface area contributed by atoms with Gasteiger partial charge in [0.05, 0.1) is 17.6 Å². The Bertz CT molecular complexity index is 569. The van der Waals surface area contributed by atoms with Crippen LogP contribution in [0.2, 0.25) is 5.15 Å². The quantitative estimate of drug-likeness (QED) is 0.751. The van der Waals surface area contributed by atoms with Crippen molar-refractivity contribution in [1.82, 2.24) is 19.7 Å². The fourth-order valence-corrected chi connectivity index (χ4v) is 2.24. The van der Waals surface area contributed by atoms with Crippen molar-refractivity contribution in [3.05, 3.63) is 17.2 Å². The van der Waals surface area contributed by atoms with E-state index in [1.165, 1.54) is 25.7 Å².